The molecule has 2 aromatic carbocycles. The number of benzene rings is 2. The molecule has 2 aromatic rings. The first-order valence-corrected chi connectivity index (χ1v) is 9.62. The molecule has 2 heterocycles. The van der Waals surface area contributed by atoms with Crippen molar-refractivity contribution in [2.24, 2.45) is 15.7 Å². The van der Waals surface area contributed by atoms with E-state index in [1.807, 2.05) is 24.3 Å². The molecule has 4 rings (SSSR count). The summed E-state index contributed by atoms with van der Waals surface area (Å²) in [5, 5.41) is 3.53. The summed E-state index contributed by atoms with van der Waals surface area (Å²) in [7, 11) is 0. The normalized spacial score (nSPS) is 19.9. The molecule has 1 atom stereocenters. The summed E-state index contributed by atoms with van der Waals surface area (Å²) in [5.74, 6) is 1.15. The van der Waals surface area contributed by atoms with Gasteiger partial charge < -0.3 is 20.3 Å². The molecule has 0 saturated carbocycles. The molecule has 0 spiro atoms. The van der Waals surface area contributed by atoms with E-state index >= 15 is 0 Å². The lowest BCUT2D eigenvalue weighted by Crippen LogP contribution is -2.57. The molecule has 2 aliphatic rings. The Morgan fingerprint density at radius 3 is 2.29 bits per heavy atom. The lowest BCUT2D eigenvalue weighted by Gasteiger charge is -2.41. The summed E-state index contributed by atoms with van der Waals surface area (Å²) in [6.45, 7) is 4.37. The van der Waals surface area contributed by atoms with Crippen LogP contribution in [0.15, 0.2) is 70.6 Å². The zero-order valence-corrected chi connectivity index (χ0v) is 15.9. The van der Waals surface area contributed by atoms with Crippen LogP contribution in [0.5, 0.6) is 0 Å². The minimum Gasteiger partial charge on any atom is -0.378 e. The lowest BCUT2D eigenvalue weighted by atomic mass is 10.2. The van der Waals surface area contributed by atoms with Crippen molar-refractivity contribution in [2.45, 2.75) is 19.4 Å². The molecule has 0 amide bonds. The van der Waals surface area contributed by atoms with Crippen LogP contribution in [0.1, 0.15) is 11.1 Å². The van der Waals surface area contributed by atoms with Crippen molar-refractivity contribution in [2.75, 3.05) is 26.3 Å². The average Bonchev–Trinajstić information content (AvgIpc) is 2.75. The van der Waals surface area contributed by atoms with E-state index in [0.717, 1.165) is 19.0 Å². The molecule has 1 saturated heterocycles. The van der Waals surface area contributed by atoms with Crippen molar-refractivity contribution in [3.63, 3.8) is 0 Å². The van der Waals surface area contributed by atoms with Gasteiger partial charge in [0, 0.05) is 26.2 Å². The highest BCUT2D eigenvalue weighted by Crippen LogP contribution is 2.16. The summed E-state index contributed by atoms with van der Waals surface area (Å²) in [4.78, 5) is 13.6. The monoisotopic (exact) mass is 378 g/mol. The van der Waals surface area contributed by atoms with E-state index in [9.17, 15) is 0 Å². The fourth-order valence-electron chi connectivity index (χ4n) is 3.41. The van der Waals surface area contributed by atoms with Crippen LogP contribution in [-0.2, 0) is 17.8 Å². The van der Waals surface area contributed by atoms with Gasteiger partial charge in [0.15, 0.2) is 6.29 Å². The number of nitrogens with one attached hydrogen (secondary N) is 1. The Kier molecular flexibility index (Phi) is 5.84. The third-order valence-electron chi connectivity index (χ3n) is 4.84. The highest BCUT2D eigenvalue weighted by molar-refractivity contribution is 5.96. The van der Waals surface area contributed by atoms with Gasteiger partial charge in [0.2, 0.25) is 11.9 Å². The second-order valence-corrected chi connectivity index (χ2v) is 6.85. The van der Waals surface area contributed by atoms with Gasteiger partial charge in [-0.2, -0.15) is 4.99 Å². The quantitative estimate of drug-likeness (QED) is 0.826. The Labute approximate surface area is 165 Å². The zero-order chi connectivity index (χ0) is 19.2. The van der Waals surface area contributed by atoms with Gasteiger partial charge in [-0.3, -0.25) is 5.32 Å². The van der Waals surface area contributed by atoms with E-state index in [1.54, 1.807) is 0 Å². The molecule has 7 heteroatoms. The molecule has 0 aliphatic carbocycles. The maximum Gasteiger partial charge on any atom is 0.221 e. The second-order valence-electron chi connectivity index (χ2n) is 6.85. The fourth-order valence-corrected chi connectivity index (χ4v) is 3.41. The zero-order valence-electron chi connectivity index (χ0n) is 15.9. The maximum atomic E-state index is 6.08. The molecule has 1 unspecified atom stereocenters. The number of hydrogen-bond donors (Lipinski definition) is 2. The van der Waals surface area contributed by atoms with E-state index in [-0.39, 0.29) is 6.29 Å². The molecule has 0 radical (unpaired) electrons. The highest BCUT2D eigenvalue weighted by Gasteiger charge is 2.30. The Hall–Kier alpha value is -2.90. The predicted molar refractivity (Wildman–Crippen MR) is 111 cm³/mol. The first kappa shape index (κ1) is 18.5. The van der Waals surface area contributed by atoms with Crippen LogP contribution >= 0.6 is 0 Å². The van der Waals surface area contributed by atoms with Crippen molar-refractivity contribution < 1.29 is 4.74 Å². The first-order chi connectivity index (χ1) is 13.8. The van der Waals surface area contributed by atoms with Crippen LogP contribution in [0, 0.1) is 0 Å². The van der Waals surface area contributed by atoms with Crippen molar-refractivity contribution in [3.8, 4) is 0 Å². The highest BCUT2D eigenvalue weighted by atomic mass is 16.5. The van der Waals surface area contributed by atoms with E-state index in [4.69, 9.17) is 10.5 Å². The smallest absolute Gasteiger partial charge is 0.221 e. The first-order valence-electron chi connectivity index (χ1n) is 9.62. The van der Waals surface area contributed by atoms with Crippen LogP contribution in [0.4, 0.5) is 0 Å². The van der Waals surface area contributed by atoms with Crippen molar-refractivity contribution in [3.05, 3.63) is 71.8 Å². The van der Waals surface area contributed by atoms with Gasteiger partial charge in [0.1, 0.15) is 0 Å². The minimum absolute atomic E-state index is 0.282. The Morgan fingerprint density at radius 1 is 0.964 bits per heavy atom. The molecule has 7 nitrogen and oxygen atoms in total. The van der Waals surface area contributed by atoms with Gasteiger partial charge in [0.25, 0.3) is 0 Å². The summed E-state index contributed by atoms with van der Waals surface area (Å²) in [5.41, 5.74) is 8.48. The average molecular weight is 378 g/mol. The summed E-state index contributed by atoms with van der Waals surface area (Å²) in [6.07, 6.45) is -0.282. The Morgan fingerprint density at radius 2 is 1.61 bits per heavy atom. The van der Waals surface area contributed by atoms with Gasteiger partial charge in [-0.05, 0) is 11.1 Å². The van der Waals surface area contributed by atoms with Gasteiger partial charge in [-0.25, -0.2) is 4.99 Å². The van der Waals surface area contributed by atoms with E-state index in [0.29, 0.717) is 32.3 Å². The van der Waals surface area contributed by atoms with Crippen LogP contribution < -0.4 is 11.1 Å². The number of nitrogens with zero attached hydrogens (tertiary/aromatic N) is 4. The van der Waals surface area contributed by atoms with Crippen LogP contribution in [0.2, 0.25) is 0 Å². The van der Waals surface area contributed by atoms with Crippen molar-refractivity contribution in [1.29, 1.82) is 0 Å². The second kappa shape index (κ2) is 8.86. The van der Waals surface area contributed by atoms with E-state index in [2.05, 4.69) is 61.5 Å². The Balaban J connectivity index is 1.57. The summed E-state index contributed by atoms with van der Waals surface area (Å²) in [6, 6.07) is 20.7. The van der Waals surface area contributed by atoms with Crippen molar-refractivity contribution in [1.82, 2.24) is 15.1 Å². The number of ether oxygens (including phenoxy) is 1. The van der Waals surface area contributed by atoms with Gasteiger partial charge in [-0.1, -0.05) is 60.7 Å². The molecule has 0 bridgehead atoms. The predicted octanol–water partition coefficient (Wildman–Crippen LogP) is 1.58. The van der Waals surface area contributed by atoms with E-state index in [1.165, 1.54) is 11.1 Å². The molecule has 3 N–H and O–H groups in total. The number of aliphatic imine (C=N–C) groups is 2. The van der Waals surface area contributed by atoms with Gasteiger partial charge >= 0.3 is 0 Å². The van der Waals surface area contributed by atoms with Crippen molar-refractivity contribution >= 4 is 11.9 Å². The fraction of sp³-hybridized carbons (Fsp3) is 0.333. The molecule has 1 fully saturated rings. The molecule has 2 aliphatic heterocycles. The van der Waals surface area contributed by atoms with Gasteiger partial charge in [-0.15, -0.1) is 0 Å². The third kappa shape index (κ3) is 4.49. The Bertz CT molecular complexity index is 817. The molecular weight excluding hydrogens is 352 g/mol. The van der Waals surface area contributed by atoms with Crippen LogP contribution in [0.3, 0.4) is 0 Å². The number of rotatable bonds is 5. The SMILES string of the molecule is NC1=NC(NCc2ccccc2)N(Cc2ccccc2)C(N2CCOCC2)=N1. The minimum atomic E-state index is -0.282. The topological polar surface area (TPSA) is 78.5 Å². The maximum absolute atomic E-state index is 6.08. The summed E-state index contributed by atoms with van der Waals surface area (Å²) >= 11 is 0. The molecule has 146 valence electrons. The third-order valence-corrected chi connectivity index (χ3v) is 4.84. The number of morpholine rings is 1. The molecule has 0 aromatic heterocycles. The number of guanidine groups is 2. The number of nitrogens with two attached hydrogens (primary N) is 1. The van der Waals surface area contributed by atoms with Crippen LogP contribution in [0.25, 0.3) is 0 Å². The summed E-state index contributed by atoms with van der Waals surface area (Å²) < 4.78 is 5.51. The van der Waals surface area contributed by atoms with Crippen LogP contribution in [-0.4, -0.2) is 54.3 Å². The largest absolute Gasteiger partial charge is 0.378 e. The van der Waals surface area contributed by atoms with E-state index < -0.39 is 0 Å². The number of hydrogen-bond acceptors (Lipinski definition) is 7. The molecular formula is C21H26N6O. The standard InChI is InChI=1S/C21H26N6O/c22-19-24-20(23-15-17-7-3-1-4-8-17)27(16-18-9-5-2-6-10-18)21(25-19)26-11-13-28-14-12-26/h1-10,20,23H,11-16H2,(H2,22,24). The lowest BCUT2D eigenvalue weighted by molar-refractivity contribution is 0.0584. The van der Waals surface area contributed by atoms with Gasteiger partial charge in [0.05, 0.1) is 13.2 Å². The molecule has 28 heavy (non-hydrogen) atoms.